The molecule has 0 aliphatic carbocycles. The Morgan fingerprint density at radius 3 is 2.36 bits per heavy atom. The van der Waals surface area contributed by atoms with Gasteiger partial charge in [0.05, 0.1) is 31.1 Å². The van der Waals surface area contributed by atoms with Crippen molar-refractivity contribution in [1.82, 2.24) is 5.32 Å². The lowest BCUT2D eigenvalue weighted by molar-refractivity contribution is -0.142. The van der Waals surface area contributed by atoms with Gasteiger partial charge in [0.15, 0.2) is 0 Å². The van der Waals surface area contributed by atoms with E-state index in [-0.39, 0.29) is 36.8 Å². The minimum Gasteiger partial charge on any atom is -0.487 e. The number of hydrogen-bond acceptors (Lipinski definition) is 7. The third-order valence-corrected chi connectivity index (χ3v) is 6.58. The number of aliphatic hydroxyl groups excluding tert-OH is 1. The lowest BCUT2D eigenvalue weighted by Gasteiger charge is -2.28. The van der Waals surface area contributed by atoms with E-state index in [1.807, 2.05) is 68.4 Å². The van der Waals surface area contributed by atoms with Crippen LogP contribution in [0.15, 0.2) is 72.8 Å². The summed E-state index contributed by atoms with van der Waals surface area (Å²) in [7, 11) is -3.57. The van der Waals surface area contributed by atoms with Crippen molar-refractivity contribution < 1.29 is 27.8 Å². The predicted molar refractivity (Wildman–Crippen MR) is 153 cm³/mol. The van der Waals surface area contributed by atoms with Crippen LogP contribution < -0.4 is 14.8 Å². The fraction of sp³-hybridized carbons (Fsp3) is 0.367. The molecule has 0 bridgehead atoms. The summed E-state index contributed by atoms with van der Waals surface area (Å²) in [6, 6.07) is 22.4. The molecule has 0 fully saturated rings. The molecule has 0 radical (unpaired) electrons. The van der Waals surface area contributed by atoms with Crippen LogP contribution in [0, 0.1) is 0 Å². The third kappa shape index (κ3) is 10.4. The molecule has 3 aromatic rings. The molecule has 3 N–H and O–H groups in total. The summed E-state index contributed by atoms with van der Waals surface area (Å²) in [5.41, 5.74) is 3.35. The number of aliphatic hydroxyl groups is 1. The summed E-state index contributed by atoms with van der Waals surface area (Å²) in [6.07, 6.45) is 1.08. The zero-order chi connectivity index (χ0) is 28.5. The van der Waals surface area contributed by atoms with Gasteiger partial charge < -0.3 is 19.9 Å². The Morgan fingerprint density at radius 2 is 1.67 bits per heavy atom. The molecule has 9 heteroatoms. The number of sulfonamides is 1. The molecule has 3 rings (SSSR count). The van der Waals surface area contributed by atoms with Crippen molar-refractivity contribution >= 4 is 21.7 Å². The van der Waals surface area contributed by atoms with Crippen LogP contribution >= 0.6 is 0 Å². The Balaban J connectivity index is 1.66. The van der Waals surface area contributed by atoms with E-state index in [2.05, 4.69) is 10.0 Å². The van der Waals surface area contributed by atoms with Gasteiger partial charge in [-0.3, -0.25) is 9.52 Å². The van der Waals surface area contributed by atoms with E-state index in [1.165, 1.54) is 0 Å². The first-order valence-electron chi connectivity index (χ1n) is 12.9. The minimum atomic E-state index is -3.57. The van der Waals surface area contributed by atoms with Crippen LogP contribution in [0.25, 0.3) is 0 Å². The molecule has 1 atom stereocenters. The van der Waals surface area contributed by atoms with Crippen LogP contribution in [-0.2, 0) is 39.0 Å². The second kappa shape index (κ2) is 13.6. The molecule has 210 valence electrons. The van der Waals surface area contributed by atoms with Gasteiger partial charge in [0.25, 0.3) is 0 Å². The van der Waals surface area contributed by atoms with Crippen LogP contribution in [0.3, 0.4) is 0 Å². The molecule has 0 heterocycles. The third-order valence-electron chi connectivity index (χ3n) is 5.99. The fourth-order valence-corrected chi connectivity index (χ4v) is 4.75. The van der Waals surface area contributed by atoms with E-state index < -0.39 is 16.1 Å². The SMILES string of the molecule is CCOC(=O)Cc1cccc(CC(C)(C)NCC(O)c2ccc(OCc3ccccc3)c(NS(C)(=O)=O)c2)c1. The minimum absolute atomic E-state index is 0.225. The van der Waals surface area contributed by atoms with Gasteiger partial charge in [-0.15, -0.1) is 0 Å². The van der Waals surface area contributed by atoms with Crippen molar-refractivity contribution in [2.45, 2.75) is 51.9 Å². The van der Waals surface area contributed by atoms with Gasteiger partial charge in [-0.1, -0.05) is 60.7 Å². The highest BCUT2D eigenvalue weighted by molar-refractivity contribution is 7.92. The lowest BCUT2D eigenvalue weighted by atomic mass is 9.93. The van der Waals surface area contributed by atoms with E-state index >= 15 is 0 Å². The van der Waals surface area contributed by atoms with Gasteiger partial charge in [0.2, 0.25) is 10.0 Å². The summed E-state index contributed by atoms with van der Waals surface area (Å²) < 4.78 is 37.4. The number of rotatable bonds is 14. The summed E-state index contributed by atoms with van der Waals surface area (Å²) in [5, 5.41) is 14.3. The van der Waals surface area contributed by atoms with Gasteiger partial charge in [-0.25, -0.2) is 8.42 Å². The molecule has 0 aliphatic rings. The highest BCUT2D eigenvalue weighted by atomic mass is 32.2. The summed E-state index contributed by atoms with van der Waals surface area (Å²) >= 11 is 0. The number of carbonyl (C=O) groups excluding carboxylic acids is 1. The maximum atomic E-state index is 12.0. The van der Waals surface area contributed by atoms with Crippen molar-refractivity contribution in [3.8, 4) is 5.75 Å². The van der Waals surface area contributed by atoms with Crippen molar-refractivity contribution in [1.29, 1.82) is 0 Å². The zero-order valence-corrected chi connectivity index (χ0v) is 23.8. The van der Waals surface area contributed by atoms with E-state index in [0.29, 0.717) is 24.3 Å². The second-order valence-electron chi connectivity index (χ2n) is 10.2. The number of benzene rings is 3. The van der Waals surface area contributed by atoms with Crippen LogP contribution in [-0.4, -0.2) is 44.4 Å². The van der Waals surface area contributed by atoms with Gasteiger partial charge in [-0.2, -0.15) is 0 Å². The van der Waals surface area contributed by atoms with Gasteiger partial charge in [0.1, 0.15) is 12.4 Å². The number of carbonyl (C=O) groups is 1. The number of nitrogens with one attached hydrogen (secondary N) is 2. The second-order valence-corrected chi connectivity index (χ2v) is 11.9. The summed E-state index contributed by atoms with van der Waals surface area (Å²) in [6.45, 7) is 6.74. The normalized spacial score (nSPS) is 12.5. The highest BCUT2D eigenvalue weighted by Gasteiger charge is 2.21. The van der Waals surface area contributed by atoms with E-state index in [1.54, 1.807) is 25.1 Å². The average molecular weight is 555 g/mol. The first-order chi connectivity index (χ1) is 18.4. The smallest absolute Gasteiger partial charge is 0.310 e. The Hall–Kier alpha value is -3.40. The van der Waals surface area contributed by atoms with Gasteiger partial charge in [-0.05, 0) is 61.6 Å². The molecule has 0 saturated heterocycles. The summed E-state index contributed by atoms with van der Waals surface area (Å²) in [5.74, 6) is 0.118. The molecule has 0 spiro atoms. The number of hydrogen-bond donors (Lipinski definition) is 3. The monoisotopic (exact) mass is 554 g/mol. The lowest BCUT2D eigenvalue weighted by Crippen LogP contribution is -2.43. The van der Waals surface area contributed by atoms with Crippen LogP contribution in [0.1, 0.15) is 49.1 Å². The van der Waals surface area contributed by atoms with Crippen molar-refractivity contribution in [2.75, 3.05) is 24.1 Å². The Labute approximate surface area is 231 Å². The van der Waals surface area contributed by atoms with Crippen molar-refractivity contribution in [3.63, 3.8) is 0 Å². The Kier molecular flexibility index (Phi) is 10.5. The molecule has 8 nitrogen and oxygen atoms in total. The largest absolute Gasteiger partial charge is 0.487 e. The average Bonchev–Trinajstić information content (AvgIpc) is 2.86. The summed E-state index contributed by atoms with van der Waals surface area (Å²) in [4.78, 5) is 11.8. The molecule has 3 aromatic carbocycles. The van der Waals surface area contributed by atoms with E-state index in [0.717, 1.165) is 22.9 Å². The molecule has 39 heavy (non-hydrogen) atoms. The van der Waals surface area contributed by atoms with Crippen LogP contribution in [0.5, 0.6) is 5.75 Å². The maximum absolute atomic E-state index is 12.0. The number of β-amino-alcohol motifs (C(OH)–C–C–N with tert-alkyl or cyclic N) is 1. The number of ether oxygens (including phenoxy) is 2. The van der Waals surface area contributed by atoms with Gasteiger partial charge >= 0.3 is 5.97 Å². The highest BCUT2D eigenvalue weighted by Crippen LogP contribution is 2.30. The quantitative estimate of drug-likeness (QED) is 0.253. The Bertz CT molecular complexity index is 1340. The van der Waals surface area contributed by atoms with Gasteiger partial charge in [0, 0.05) is 12.1 Å². The topological polar surface area (TPSA) is 114 Å². The molecular weight excluding hydrogens is 516 g/mol. The predicted octanol–water partition coefficient (Wildman–Crippen LogP) is 4.39. The number of anilines is 1. The zero-order valence-electron chi connectivity index (χ0n) is 22.9. The number of esters is 1. The molecule has 0 aliphatic heterocycles. The first-order valence-corrected chi connectivity index (χ1v) is 14.8. The maximum Gasteiger partial charge on any atom is 0.310 e. The van der Waals surface area contributed by atoms with Crippen LogP contribution in [0.4, 0.5) is 5.69 Å². The van der Waals surface area contributed by atoms with Crippen molar-refractivity contribution in [3.05, 3.63) is 95.1 Å². The standard InChI is InChI=1S/C30H38N2O6S/c1-5-37-29(34)17-23-12-9-13-24(16-23)19-30(2,3)31-20-27(33)25-14-15-28(26(18-25)32-39(4,35)36)38-21-22-10-7-6-8-11-22/h6-16,18,27,31-33H,5,17,19-21H2,1-4H3. The molecule has 0 saturated carbocycles. The van der Waals surface area contributed by atoms with Crippen molar-refractivity contribution in [2.24, 2.45) is 0 Å². The molecule has 0 aromatic heterocycles. The van der Waals surface area contributed by atoms with Crippen LogP contribution in [0.2, 0.25) is 0 Å². The Morgan fingerprint density at radius 1 is 0.974 bits per heavy atom. The first kappa shape index (κ1) is 30.1. The molecular formula is C30H38N2O6S. The van der Waals surface area contributed by atoms with E-state index in [4.69, 9.17) is 9.47 Å². The molecule has 0 amide bonds. The van der Waals surface area contributed by atoms with E-state index in [9.17, 15) is 18.3 Å². The fourth-order valence-electron chi connectivity index (χ4n) is 4.19. The molecule has 1 unspecified atom stereocenters.